The Bertz CT molecular complexity index is 816. The molecule has 3 aromatic rings. The third-order valence-electron chi connectivity index (χ3n) is 3.56. The Morgan fingerprint density at radius 3 is 2.74 bits per heavy atom. The lowest BCUT2D eigenvalue weighted by Gasteiger charge is -2.05. The highest BCUT2D eigenvalue weighted by atomic mass is 35.5. The van der Waals surface area contributed by atoms with Gasteiger partial charge >= 0.3 is 0 Å². The maximum atomic E-state index is 6.07. The molecule has 116 valence electrons. The fourth-order valence-electron chi connectivity index (χ4n) is 2.24. The maximum absolute atomic E-state index is 6.07. The molecule has 0 aliphatic heterocycles. The van der Waals surface area contributed by atoms with Crippen LogP contribution < -0.4 is 5.32 Å². The Hall–Kier alpha value is -2.05. The molecule has 0 unspecified atom stereocenters. The van der Waals surface area contributed by atoms with Crippen LogP contribution in [0.2, 0.25) is 5.15 Å². The van der Waals surface area contributed by atoms with Gasteiger partial charge in [0.15, 0.2) is 0 Å². The van der Waals surface area contributed by atoms with Crippen LogP contribution >= 0.6 is 22.9 Å². The number of halogens is 1. The minimum Gasteiger partial charge on any atom is -0.363 e. The van der Waals surface area contributed by atoms with Crippen LogP contribution in [-0.2, 0) is 6.54 Å². The van der Waals surface area contributed by atoms with Gasteiger partial charge in [-0.15, -0.1) is 10.2 Å². The summed E-state index contributed by atoms with van der Waals surface area (Å²) < 4.78 is 0. The largest absolute Gasteiger partial charge is 0.363 e. The SMILES string of the molecule is Clc1cc(NCc2nnc(-c3ccccc3)s2)nc(C2CC2)n1. The van der Waals surface area contributed by atoms with E-state index >= 15 is 0 Å². The highest BCUT2D eigenvalue weighted by molar-refractivity contribution is 7.14. The van der Waals surface area contributed by atoms with Gasteiger partial charge in [0.25, 0.3) is 0 Å². The van der Waals surface area contributed by atoms with E-state index in [0.717, 1.165) is 40.1 Å². The first-order valence-corrected chi connectivity index (χ1v) is 8.63. The molecule has 0 saturated heterocycles. The molecule has 2 heterocycles. The van der Waals surface area contributed by atoms with Gasteiger partial charge in [0.2, 0.25) is 0 Å². The van der Waals surface area contributed by atoms with Crippen LogP contribution in [0.3, 0.4) is 0 Å². The molecule has 1 aliphatic rings. The zero-order valence-corrected chi connectivity index (χ0v) is 13.8. The summed E-state index contributed by atoms with van der Waals surface area (Å²) in [6, 6.07) is 11.8. The predicted octanol–water partition coefficient (Wildman–Crippen LogP) is 4.14. The quantitative estimate of drug-likeness (QED) is 0.705. The minimum atomic E-state index is 0.473. The molecule has 0 bridgehead atoms. The molecule has 23 heavy (non-hydrogen) atoms. The smallest absolute Gasteiger partial charge is 0.147 e. The van der Waals surface area contributed by atoms with Crippen LogP contribution in [0.5, 0.6) is 0 Å². The van der Waals surface area contributed by atoms with Crippen molar-refractivity contribution in [3.8, 4) is 10.6 Å². The van der Waals surface area contributed by atoms with Crippen molar-refractivity contribution in [1.82, 2.24) is 20.2 Å². The summed E-state index contributed by atoms with van der Waals surface area (Å²) in [4.78, 5) is 8.81. The molecule has 0 spiro atoms. The fraction of sp³-hybridized carbons (Fsp3) is 0.250. The number of nitrogens with one attached hydrogen (secondary N) is 1. The minimum absolute atomic E-state index is 0.473. The fourth-order valence-corrected chi connectivity index (χ4v) is 3.21. The third kappa shape index (κ3) is 3.48. The summed E-state index contributed by atoms with van der Waals surface area (Å²) in [5, 5.41) is 14.0. The zero-order valence-electron chi connectivity index (χ0n) is 12.2. The van der Waals surface area contributed by atoms with E-state index in [1.54, 1.807) is 17.4 Å². The van der Waals surface area contributed by atoms with E-state index in [9.17, 15) is 0 Å². The van der Waals surface area contributed by atoms with Crippen LogP contribution in [-0.4, -0.2) is 20.2 Å². The van der Waals surface area contributed by atoms with E-state index in [4.69, 9.17) is 11.6 Å². The van der Waals surface area contributed by atoms with Gasteiger partial charge in [0.1, 0.15) is 26.8 Å². The van der Waals surface area contributed by atoms with Crippen LogP contribution in [0.4, 0.5) is 5.82 Å². The van der Waals surface area contributed by atoms with Gasteiger partial charge in [0, 0.05) is 17.5 Å². The van der Waals surface area contributed by atoms with E-state index in [0.29, 0.717) is 17.6 Å². The van der Waals surface area contributed by atoms with Gasteiger partial charge in [0.05, 0.1) is 6.54 Å². The number of nitrogens with zero attached hydrogens (tertiary/aromatic N) is 4. The van der Waals surface area contributed by atoms with Gasteiger partial charge in [-0.2, -0.15) is 0 Å². The van der Waals surface area contributed by atoms with Crippen molar-refractivity contribution in [1.29, 1.82) is 0 Å². The number of aromatic nitrogens is 4. The lowest BCUT2D eigenvalue weighted by atomic mass is 10.2. The monoisotopic (exact) mass is 343 g/mol. The molecule has 2 aromatic heterocycles. The summed E-state index contributed by atoms with van der Waals surface area (Å²) in [6.07, 6.45) is 2.30. The first-order valence-electron chi connectivity index (χ1n) is 7.44. The Labute approximate surface area is 142 Å². The van der Waals surface area contributed by atoms with Crippen LogP contribution in [0.15, 0.2) is 36.4 Å². The van der Waals surface area contributed by atoms with Crippen LogP contribution in [0.1, 0.15) is 29.6 Å². The lowest BCUT2D eigenvalue weighted by molar-refractivity contribution is 0.915. The average Bonchev–Trinajstić information content (AvgIpc) is 3.32. The number of benzene rings is 1. The Kier molecular flexibility index (Phi) is 3.93. The second-order valence-corrected chi connectivity index (χ2v) is 6.88. The molecule has 1 saturated carbocycles. The predicted molar refractivity (Wildman–Crippen MR) is 91.7 cm³/mol. The first-order chi connectivity index (χ1) is 11.3. The van der Waals surface area contributed by atoms with Crippen molar-refractivity contribution in [2.75, 3.05) is 5.32 Å². The molecule has 7 heteroatoms. The van der Waals surface area contributed by atoms with E-state index in [1.807, 2.05) is 30.3 Å². The second-order valence-electron chi connectivity index (χ2n) is 5.43. The first kappa shape index (κ1) is 14.5. The van der Waals surface area contributed by atoms with Gasteiger partial charge in [-0.1, -0.05) is 53.3 Å². The molecule has 0 atom stereocenters. The molecule has 0 radical (unpaired) electrons. The van der Waals surface area contributed by atoms with Crippen molar-refractivity contribution in [3.05, 3.63) is 52.4 Å². The van der Waals surface area contributed by atoms with Crippen LogP contribution in [0.25, 0.3) is 10.6 Å². The molecule has 0 amide bonds. The Balaban J connectivity index is 1.46. The number of anilines is 1. The highest BCUT2D eigenvalue weighted by Crippen LogP contribution is 2.38. The second kappa shape index (κ2) is 6.22. The zero-order chi connectivity index (χ0) is 15.6. The summed E-state index contributed by atoms with van der Waals surface area (Å²) in [5.74, 6) is 2.05. The molecule has 5 nitrogen and oxygen atoms in total. The number of rotatable bonds is 5. The summed E-state index contributed by atoms with van der Waals surface area (Å²) >= 11 is 7.64. The maximum Gasteiger partial charge on any atom is 0.147 e. The normalized spacial score (nSPS) is 14.0. The standard InChI is InChI=1S/C16H14ClN5S/c17-12-8-13(20-15(19-12)10-6-7-10)18-9-14-21-22-16(23-14)11-4-2-1-3-5-11/h1-5,8,10H,6-7,9H2,(H,18,19,20). The molecular weight excluding hydrogens is 330 g/mol. The lowest BCUT2D eigenvalue weighted by Crippen LogP contribution is -2.04. The van der Waals surface area contributed by atoms with Crippen molar-refractivity contribution in [2.24, 2.45) is 0 Å². The average molecular weight is 344 g/mol. The van der Waals surface area contributed by atoms with Gasteiger partial charge in [-0.05, 0) is 12.8 Å². The van der Waals surface area contributed by atoms with Crippen molar-refractivity contribution >= 4 is 28.8 Å². The third-order valence-corrected chi connectivity index (χ3v) is 4.73. The topological polar surface area (TPSA) is 63.6 Å². The number of hydrogen-bond donors (Lipinski definition) is 1. The molecule has 1 aromatic carbocycles. The highest BCUT2D eigenvalue weighted by Gasteiger charge is 2.27. The Morgan fingerprint density at radius 1 is 1.13 bits per heavy atom. The molecular formula is C16H14ClN5S. The Morgan fingerprint density at radius 2 is 1.96 bits per heavy atom. The van der Waals surface area contributed by atoms with Gasteiger partial charge in [-0.25, -0.2) is 9.97 Å². The van der Waals surface area contributed by atoms with E-state index < -0.39 is 0 Å². The van der Waals surface area contributed by atoms with E-state index in [2.05, 4.69) is 25.5 Å². The van der Waals surface area contributed by atoms with Crippen LogP contribution in [0, 0.1) is 0 Å². The van der Waals surface area contributed by atoms with Crippen molar-refractivity contribution in [3.63, 3.8) is 0 Å². The molecule has 4 rings (SSSR count). The van der Waals surface area contributed by atoms with Gasteiger partial charge < -0.3 is 5.32 Å². The summed E-state index contributed by atoms with van der Waals surface area (Å²) in [6.45, 7) is 0.571. The molecule has 1 aliphatic carbocycles. The number of hydrogen-bond acceptors (Lipinski definition) is 6. The summed E-state index contributed by atoms with van der Waals surface area (Å²) in [7, 11) is 0. The molecule has 1 N–H and O–H groups in total. The van der Waals surface area contributed by atoms with Gasteiger partial charge in [-0.3, -0.25) is 0 Å². The summed E-state index contributed by atoms with van der Waals surface area (Å²) in [5.41, 5.74) is 1.08. The van der Waals surface area contributed by atoms with Crippen molar-refractivity contribution in [2.45, 2.75) is 25.3 Å². The van der Waals surface area contributed by atoms with Crippen molar-refractivity contribution < 1.29 is 0 Å². The van der Waals surface area contributed by atoms with E-state index in [-0.39, 0.29) is 0 Å². The molecule has 1 fully saturated rings. The van der Waals surface area contributed by atoms with E-state index in [1.165, 1.54) is 0 Å².